The molecular formula is C23H49N3O. The highest BCUT2D eigenvalue weighted by Gasteiger charge is 2.14. The van der Waals surface area contributed by atoms with Crippen molar-refractivity contribution in [2.24, 2.45) is 0 Å². The molecule has 0 spiro atoms. The summed E-state index contributed by atoms with van der Waals surface area (Å²) < 4.78 is 0. The third kappa shape index (κ3) is 15.4. The molecule has 1 aliphatic heterocycles. The van der Waals surface area contributed by atoms with Gasteiger partial charge in [0.25, 0.3) is 0 Å². The van der Waals surface area contributed by atoms with Gasteiger partial charge in [-0.25, -0.2) is 5.01 Å². The van der Waals surface area contributed by atoms with E-state index in [4.69, 9.17) is 0 Å². The summed E-state index contributed by atoms with van der Waals surface area (Å²) in [5.41, 5.74) is 3.40. The van der Waals surface area contributed by atoms with Crippen molar-refractivity contribution in [3.8, 4) is 0 Å². The van der Waals surface area contributed by atoms with Crippen molar-refractivity contribution >= 4 is 0 Å². The Hall–Kier alpha value is -0.160. The number of hydrogen-bond donors (Lipinski definition) is 2. The van der Waals surface area contributed by atoms with Crippen LogP contribution in [0, 0.1) is 0 Å². The van der Waals surface area contributed by atoms with Gasteiger partial charge in [-0.1, -0.05) is 96.8 Å². The second-order valence-corrected chi connectivity index (χ2v) is 8.69. The molecule has 1 fully saturated rings. The lowest BCUT2D eigenvalue weighted by atomic mass is 10.0. The number of likely N-dealkylation sites (N-methyl/N-ethyl adjacent to an activating group) is 1. The van der Waals surface area contributed by atoms with Gasteiger partial charge in [-0.3, -0.25) is 5.43 Å². The van der Waals surface area contributed by atoms with Crippen LogP contribution in [0.3, 0.4) is 0 Å². The predicted molar refractivity (Wildman–Crippen MR) is 118 cm³/mol. The third-order valence-electron chi connectivity index (χ3n) is 5.94. The molecule has 162 valence electrons. The number of hydrogen-bond acceptors (Lipinski definition) is 4. The molecule has 1 saturated heterocycles. The fourth-order valence-corrected chi connectivity index (χ4v) is 3.88. The molecule has 0 amide bonds. The number of nitrogens with one attached hydrogen (secondary N) is 1. The minimum atomic E-state index is -0.193. The summed E-state index contributed by atoms with van der Waals surface area (Å²) in [6, 6.07) is 0. The minimum absolute atomic E-state index is 0.193. The monoisotopic (exact) mass is 383 g/mol. The molecule has 4 nitrogen and oxygen atoms in total. The molecule has 0 bridgehead atoms. The molecule has 1 aliphatic rings. The van der Waals surface area contributed by atoms with E-state index in [-0.39, 0.29) is 6.10 Å². The van der Waals surface area contributed by atoms with Crippen LogP contribution >= 0.6 is 0 Å². The molecule has 1 unspecified atom stereocenters. The zero-order chi connectivity index (χ0) is 19.6. The molecule has 0 aromatic rings. The molecule has 0 aromatic heterocycles. The van der Waals surface area contributed by atoms with Gasteiger partial charge in [0.15, 0.2) is 0 Å². The summed E-state index contributed by atoms with van der Waals surface area (Å²) >= 11 is 0. The second-order valence-electron chi connectivity index (χ2n) is 8.69. The van der Waals surface area contributed by atoms with Gasteiger partial charge in [-0.05, 0) is 13.5 Å². The van der Waals surface area contributed by atoms with Crippen LogP contribution < -0.4 is 5.43 Å². The van der Waals surface area contributed by atoms with Crippen LogP contribution in [-0.4, -0.2) is 60.9 Å². The molecular weight excluding hydrogens is 334 g/mol. The summed E-state index contributed by atoms with van der Waals surface area (Å²) in [6.45, 7) is 7.34. The van der Waals surface area contributed by atoms with Crippen LogP contribution in [0.5, 0.6) is 0 Å². The fraction of sp³-hybridized carbons (Fsp3) is 1.00. The van der Waals surface area contributed by atoms with Crippen molar-refractivity contribution in [3.05, 3.63) is 0 Å². The van der Waals surface area contributed by atoms with E-state index in [1.165, 1.54) is 89.9 Å². The highest BCUT2D eigenvalue weighted by molar-refractivity contribution is 4.67. The molecule has 0 saturated carbocycles. The molecule has 0 aromatic carbocycles. The van der Waals surface area contributed by atoms with Gasteiger partial charge in [0.05, 0.1) is 6.10 Å². The van der Waals surface area contributed by atoms with Gasteiger partial charge in [0, 0.05) is 32.7 Å². The number of rotatable bonds is 18. The first-order valence-electron chi connectivity index (χ1n) is 12.1. The smallest absolute Gasteiger partial charge is 0.0678 e. The Kier molecular flexibility index (Phi) is 16.5. The van der Waals surface area contributed by atoms with E-state index in [2.05, 4.69) is 29.3 Å². The van der Waals surface area contributed by atoms with E-state index < -0.39 is 0 Å². The van der Waals surface area contributed by atoms with Gasteiger partial charge in [0.1, 0.15) is 0 Å². The summed E-state index contributed by atoms with van der Waals surface area (Å²) in [4.78, 5) is 2.35. The average Bonchev–Trinajstić information content (AvgIpc) is 2.68. The SMILES string of the molecule is CCCCCCCCCCCCCCCCC(O)CNN1CCN(C)CC1. The third-order valence-corrected chi connectivity index (χ3v) is 5.94. The van der Waals surface area contributed by atoms with Crippen LogP contribution in [0.4, 0.5) is 0 Å². The highest BCUT2D eigenvalue weighted by Crippen LogP contribution is 2.13. The zero-order valence-electron chi connectivity index (χ0n) is 18.6. The molecule has 0 aliphatic carbocycles. The van der Waals surface area contributed by atoms with Crippen molar-refractivity contribution in [2.75, 3.05) is 39.8 Å². The lowest BCUT2D eigenvalue weighted by Gasteiger charge is -2.33. The van der Waals surface area contributed by atoms with E-state index in [0.717, 1.165) is 32.6 Å². The molecule has 1 heterocycles. The largest absolute Gasteiger partial charge is 0.392 e. The maximum atomic E-state index is 10.1. The lowest BCUT2D eigenvalue weighted by Crippen LogP contribution is -2.52. The Morgan fingerprint density at radius 3 is 1.63 bits per heavy atom. The standard InChI is InChI=1S/C23H49N3O/c1-3-4-5-6-7-8-9-10-11-12-13-14-15-16-17-23(27)22-24-26-20-18-25(2)19-21-26/h23-24,27H,3-22H2,1-2H3. The topological polar surface area (TPSA) is 38.7 Å². The molecule has 4 heteroatoms. The van der Waals surface area contributed by atoms with E-state index >= 15 is 0 Å². The number of nitrogens with zero attached hydrogens (tertiary/aromatic N) is 2. The number of aliphatic hydroxyl groups is 1. The van der Waals surface area contributed by atoms with E-state index in [1.54, 1.807) is 0 Å². The van der Waals surface area contributed by atoms with Crippen LogP contribution in [0.25, 0.3) is 0 Å². The summed E-state index contributed by atoms with van der Waals surface area (Å²) in [5, 5.41) is 12.4. The molecule has 27 heavy (non-hydrogen) atoms. The van der Waals surface area contributed by atoms with Gasteiger partial charge >= 0.3 is 0 Å². The quantitative estimate of drug-likeness (QED) is 0.328. The maximum Gasteiger partial charge on any atom is 0.0678 e. The average molecular weight is 384 g/mol. The van der Waals surface area contributed by atoms with Crippen molar-refractivity contribution in [2.45, 2.75) is 109 Å². The Labute approximate surface area is 170 Å². The van der Waals surface area contributed by atoms with Crippen molar-refractivity contribution in [1.82, 2.24) is 15.3 Å². The first-order chi connectivity index (χ1) is 13.2. The van der Waals surface area contributed by atoms with Crippen LogP contribution in [0.1, 0.15) is 103 Å². The normalized spacial score (nSPS) is 17.4. The van der Waals surface area contributed by atoms with Gasteiger partial charge < -0.3 is 10.0 Å². The fourth-order valence-electron chi connectivity index (χ4n) is 3.88. The van der Waals surface area contributed by atoms with Crippen molar-refractivity contribution < 1.29 is 5.11 Å². The van der Waals surface area contributed by atoms with Gasteiger partial charge in [-0.2, -0.15) is 0 Å². The van der Waals surface area contributed by atoms with E-state index in [0.29, 0.717) is 6.54 Å². The molecule has 0 radical (unpaired) electrons. The first kappa shape index (κ1) is 24.9. The van der Waals surface area contributed by atoms with E-state index in [1.807, 2.05) is 0 Å². The Balaban J connectivity index is 1.75. The maximum absolute atomic E-state index is 10.1. The number of hydrazine groups is 1. The number of aliphatic hydroxyl groups excluding tert-OH is 1. The molecule has 1 rings (SSSR count). The number of piperazine rings is 1. The van der Waals surface area contributed by atoms with Crippen molar-refractivity contribution in [3.63, 3.8) is 0 Å². The Morgan fingerprint density at radius 1 is 0.704 bits per heavy atom. The number of unbranched alkanes of at least 4 members (excludes halogenated alkanes) is 13. The van der Waals surface area contributed by atoms with Gasteiger partial charge in [0.2, 0.25) is 0 Å². The predicted octanol–water partition coefficient (Wildman–Crippen LogP) is 4.97. The molecule has 2 N–H and O–H groups in total. The minimum Gasteiger partial charge on any atom is -0.392 e. The molecule has 1 atom stereocenters. The van der Waals surface area contributed by atoms with Crippen molar-refractivity contribution in [1.29, 1.82) is 0 Å². The Bertz CT molecular complexity index is 306. The van der Waals surface area contributed by atoms with E-state index in [9.17, 15) is 5.11 Å². The van der Waals surface area contributed by atoms with Crippen LogP contribution in [-0.2, 0) is 0 Å². The van der Waals surface area contributed by atoms with Crippen LogP contribution in [0.2, 0.25) is 0 Å². The Morgan fingerprint density at radius 2 is 1.15 bits per heavy atom. The summed E-state index contributed by atoms with van der Waals surface area (Å²) in [7, 11) is 2.17. The second kappa shape index (κ2) is 17.9. The lowest BCUT2D eigenvalue weighted by molar-refractivity contribution is 0.0710. The van der Waals surface area contributed by atoms with Gasteiger partial charge in [-0.15, -0.1) is 0 Å². The zero-order valence-corrected chi connectivity index (χ0v) is 18.6. The first-order valence-corrected chi connectivity index (χ1v) is 12.1. The highest BCUT2D eigenvalue weighted by atomic mass is 16.3. The summed E-state index contributed by atoms with van der Waals surface area (Å²) in [5.74, 6) is 0. The van der Waals surface area contributed by atoms with Crippen LogP contribution in [0.15, 0.2) is 0 Å². The summed E-state index contributed by atoms with van der Waals surface area (Å²) in [6.07, 6.45) is 20.2.